The van der Waals surface area contributed by atoms with Gasteiger partial charge in [-0.15, -0.1) is 0 Å². The minimum atomic E-state index is -3.46. The Hall–Kier alpha value is -0.920. The van der Waals surface area contributed by atoms with Crippen LogP contribution in [-0.4, -0.2) is 36.0 Å². The molecule has 0 aliphatic heterocycles. The fourth-order valence-electron chi connectivity index (χ4n) is 1.76. The lowest BCUT2D eigenvalue weighted by Crippen LogP contribution is -2.41. The highest BCUT2D eigenvalue weighted by molar-refractivity contribution is 7.89. The molecule has 1 saturated carbocycles. The Balaban J connectivity index is 2.30. The molecule has 1 aromatic rings. The zero-order valence-electron chi connectivity index (χ0n) is 9.18. The maximum atomic E-state index is 12.2. The third-order valence-corrected chi connectivity index (χ3v) is 5.05. The van der Waals surface area contributed by atoms with E-state index in [2.05, 4.69) is 10.2 Å². The van der Waals surface area contributed by atoms with Crippen LogP contribution in [0.25, 0.3) is 0 Å². The number of sulfonamides is 1. The predicted molar refractivity (Wildman–Crippen MR) is 59.1 cm³/mol. The van der Waals surface area contributed by atoms with E-state index < -0.39 is 10.0 Å². The highest BCUT2D eigenvalue weighted by Gasteiger charge is 2.33. The molecule has 1 aliphatic rings. The summed E-state index contributed by atoms with van der Waals surface area (Å²) in [7, 11) is -1.85. The Bertz CT molecular complexity index is 464. The second-order valence-electron chi connectivity index (χ2n) is 4.03. The Morgan fingerprint density at radius 3 is 2.81 bits per heavy atom. The number of hydrogen-bond acceptors (Lipinski definition) is 4. The van der Waals surface area contributed by atoms with Gasteiger partial charge in [0.2, 0.25) is 0 Å². The number of rotatable bonds is 4. The number of nitrogens with one attached hydrogen (secondary N) is 1. The molecule has 6 nitrogen and oxygen atoms in total. The summed E-state index contributed by atoms with van der Waals surface area (Å²) in [5.41, 5.74) is 6.01. The molecule has 0 spiro atoms. The van der Waals surface area contributed by atoms with Crippen LogP contribution in [0.2, 0.25) is 0 Å². The molecule has 7 heteroatoms. The van der Waals surface area contributed by atoms with E-state index in [0.29, 0.717) is 5.56 Å². The Labute approximate surface area is 94.9 Å². The molecule has 2 rings (SSSR count). The van der Waals surface area contributed by atoms with Gasteiger partial charge in [0.05, 0.1) is 6.20 Å². The van der Waals surface area contributed by atoms with Crippen molar-refractivity contribution in [1.29, 1.82) is 0 Å². The molecular weight excluding hydrogens is 228 g/mol. The van der Waals surface area contributed by atoms with Crippen molar-refractivity contribution < 1.29 is 8.42 Å². The first kappa shape index (κ1) is 11.6. The topological polar surface area (TPSA) is 92.1 Å². The molecule has 0 unspecified atom stereocenters. The largest absolute Gasteiger partial charge is 0.326 e. The molecule has 1 heterocycles. The van der Waals surface area contributed by atoms with E-state index in [1.54, 1.807) is 7.05 Å². The first-order valence-corrected chi connectivity index (χ1v) is 6.71. The van der Waals surface area contributed by atoms with Gasteiger partial charge in [0.15, 0.2) is 5.03 Å². The third-order valence-electron chi connectivity index (χ3n) is 3.12. The first-order chi connectivity index (χ1) is 7.57. The lowest BCUT2D eigenvalue weighted by atomic mass is 9.94. The molecule has 1 aliphatic carbocycles. The van der Waals surface area contributed by atoms with E-state index in [4.69, 9.17) is 5.73 Å². The minimum absolute atomic E-state index is 0.124. The Kier molecular flexibility index (Phi) is 3.00. The van der Waals surface area contributed by atoms with Gasteiger partial charge in [-0.3, -0.25) is 5.10 Å². The van der Waals surface area contributed by atoms with Gasteiger partial charge in [-0.1, -0.05) is 6.42 Å². The number of aromatic nitrogens is 2. The average Bonchev–Trinajstić information content (AvgIpc) is 2.62. The monoisotopic (exact) mass is 244 g/mol. The summed E-state index contributed by atoms with van der Waals surface area (Å²) >= 11 is 0. The summed E-state index contributed by atoms with van der Waals surface area (Å²) in [4.78, 5) is 0. The molecule has 3 N–H and O–H groups in total. The molecule has 90 valence electrons. The van der Waals surface area contributed by atoms with Gasteiger partial charge in [0.25, 0.3) is 10.0 Å². The number of nitrogens with zero attached hydrogens (tertiary/aromatic N) is 2. The maximum Gasteiger partial charge on any atom is 0.260 e. The zero-order chi connectivity index (χ0) is 11.8. The van der Waals surface area contributed by atoms with Gasteiger partial charge in [-0.2, -0.15) is 9.40 Å². The van der Waals surface area contributed by atoms with Crippen LogP contribution in [0.3, 0.4) is 0 Å². The van der Waals surface area contributed by atoms with Crippen LogP contribution in [0.4, 0.5) is 0 Å². The fraction of sp³-hybridized carbons (Fsp3) is 0.667. The van der Waals surface area contributed by atoms with Crippen LogP contribution < -0.4 is 5.73 Å². The second kappa shape index (κ2) is 4.15. The van der Waals surface area contributed by atoms with Crippen molar-refractivity contribution in [2.75, 3.05) is 7.05 Å². The van der Waals surface area contributed by atoms with Crippen LogP contribution in [0.5, 0.6) is 0 Å². The summed E-state index contributed by atoms with van der Waals surface area (Å²) in [6.07, 6.45) is 4.42. The molecular formula is C9H16N4O2S. The van der Waals surface area contributed by atoms with Crippen molar-refractivity contribution in [3.05, 3.63) is 11.8 Å². The van der Waals surface area contributed by atoms with E-state index in [9.17, 15) is 8.42 Å². The molecule has 0 atom stereocenters. The molecule has 0 aromatic carbocycles. The lowest BCUT2D eigenvalue weighted by Gasteiger charge is -2.33. The first-order valence-electron chi connectivity index (χ1n) is 5.27. The van der Waals surface area contributed by atoms with Crippen molar-refractivity contribution in [3.8, 4) is 0 Å². The highest BCUT2D eigenvalue weighted by Crippen LogP contribution is 2.28. The van der Waals surface area contributed by atoms with Crippen molar-refractivity contribution >= 4 is 10.0 Å². The summed E-state index contributed by atoms with van der Waals surface area (Å²) in [6.45, 7) is 0.170. The van der Waals surface area contributed by atoms with Crippen molar-refractivity contribution in [2.45, 2.75) is 36.9 Å². The third kappa shape index (κ3) is 1.74. The smallest absolute Gasteiger partial charge is 0.260 e. The van der Waals surface area contributed by atoms with Crippen LogP contribution in [0.15, 0.2) is 11.2 Å². The van der Waals surface area contributed by atoms with Crippen LogP contribution in [-0.2, 0) is 16.6 Å². The average molecular weight is 244 g/mol. The summed E-state index contributed by atoms with van der Waals surface area (Å²) in [5, 5.41) is 6.38. The van der Waals surface area contributed by atoms with E-state index in [1.165, 1.54) is 10.5 Å². The molecule has 1 fully saturated rings. The zero-order valence-corrected chi connectivity index (χ0v) is 10.00. The lowest BCUT2D eigenvalue weighted by molar-refractivity contribution is 0.249. The SMILES string of the molecule is CN(C1CCC1)S(=O)(=O)c1[nH]ncc1CN. The molecule has 0 radical (unpaired) electrons. The predicted octanol–water partition coefficient (Wildman–Crippen LogP) is 0.0414. The summed E-state index contributed by atoms with van der Waals surface area (Å²) in [6, 6.07) is 0.124. The standard InChI is InChI=1S/C9H16N4O2S/c1-13(8-3-2-4-8)16(14,15)9-7(5-10)6-11-12-9/h6,8H,2-5,10H2,1H3,(H,11,12). The van der Waals surface area contributed by atoms with Gasteiger partial charge < -0.3 is 5.73 Å². The normalized spacial score (nSPS) is 17.7. The number of nitrogens with two attached hydrogens (primary N) is 1. The van der Waals surface area contributed by atoms with Gasteiger partial charge in [0.1, 0.15) is 0 Å². The number of hydrogen-bond donors (Lipinski definition) is 2. The molecule has 0 saturated heterocycles. The van der Waals surface area contributed by atoms with E-state index in [0.717, 1.165) is 19.3 Å². The summed E-state index contributed by atoms with van der Waals surface area (Å²) < 4.78 is 25.8. The molecule has 16 heavy (non-hydrogen) atoms. The maximum absolute atomic E-state index is 12.2. The second-order valence-corrected chi connectivity index (χ2v) is 5.97. The van der Waals surface area contributed by atoms with Crippen molar-refractivity contribution in [1.82, 2.24) is 14.5 Å². The highest BCUT2D eigenvalue weighted by atomic mass is 32.2. The van der Waals surface area contributed by atoms with Gasteiger partial charge >= 0.3 is 0 Å². The molecule has 0 amide bonds. The Morgan fingerprint density at radius 1 is 1.62 bits per heavy atom. The summed E-state index contributed by atoms with van der Waals surface area (Å²) in [5.74, 6) is 0. The van der Waals surface area contributed by atoms with Crippen molar-refractivity contribution in [3.63, 3.8) is 0 Å². The minimum Gasteiger partial charge on any atom is -0.326 e. The fourth-order valence-corrected chi connectivity index (χ4v) is 3.29. The van der Waals surface area contributed by atoms with Crippen LogP contribution in [0, 0.1) is 0 Å². The number of H-pyrrole nitrogens is 1. The number of aromatic amines is 1. The van der Waals surface area contributed by atoms with Crippen LogP contribution in [0.1, 0.15) is 24.8 Å². The van der Waals surface area contributed by atoms with Crippen LogP contribution >= 0.6 is 0 Å². The van der Waals surface area contributed by atoms with Gasteiger partial charge in [-0.25, -0.2) is 8.42 Å². The van der Waals surface area contributed by atoms with E-state index >= 15 is 0 Å². The molecule has 1 aromatic heterocycles. The Morgan fingerprint density at radius 2 is 2.31 bits per heavy atom. The van der Waals surface area contributed by atoms with Gasteiger partial charge in [-0.05, 0) is 12.8 Å². The van der Waals surface area contributed by atoms with Gasteiger partial charge in [0, 0.05) is 25.2 Å². The quantitative estimate of drug-likeness (QED) is 0.782. The van der Waals surface area contributed by atoms with Crippen molar-refractivity contribution in [2.24, 2.45) is 5.73 Å². The molecule has 0 bridgehead atoms. The van der Waals surface area contributed by atoms with E-state index in [1.807, 2.05) is 0 Å². The van der Waals surface area contributed by atoms with E-state index in [-0.39, 0.29) is 17.6 Å².